The molecule has 2 aromatic heterocycles. The minimum absolute atomic E-state index is 0. The van der Waals surface area contributed by atoms with Gasteiger partial charge in [-0.3, -0.25) is 4.79 Å². The molecule has 3 N–H and O–H groups in total. The molecule has 0 aliphatic heterocycles. The Balaban J connectivity index is 0.00000220. The Kier molecular flexibility index (Phi) is 9.84. The Morgan fingerprint density at radius 3 is 2.86 bits per heavy atom. The Bertz CT molecular complexity index is 595. The summed E-state index contributed by atoms with van der Waals surface area (Å²) in [6, 6.07) is 5.35. The van der Waals surface area contributed by atoms with Gasteiger partial charge in [0, 0.05) is 31.1 Å². The fraction of sp³-hybridized carbons (Fsp3) is 0.308. The number of hydrogen-bond acceptors (Lipinski definition) is 6. The van der Waals surface area contributed by atoms with Crippen LogP contribution in [-0.2, 0) is 5.75 Å². The van der Waals surface area contributed by atoms with Crippen molar-refractivity contribution < 1.29 is 9.32 Å². The van der Waals surface area contributed by atoms with Crippen molar-refractivity contribution in [3.8, 4) is 0 Å². The molecular formula is C13H18Cl2N4O2S. The van der Waals surface area contributed by atoms with Gasteiger partial charge in [0.15, 0.2) is 0 Å². The van der Waals surface area contributed by atoms with Gasteiger partial charge in [-0.25, -0.2) is 4.98 Å². The molecule has 122 valence electrons. The van der Waals surface area contributed by atoms with Crippen molar-refractivity contribution in [3.63, 3.8) is 0 Å². The number of aryl methyl sites for hydroxylation is 1. The van der Waals surface area contributed by atoms with Crippen LogP contribution < -0.4 is 11.1 Å². The van der Waals surface area contributed by atoms with Gasteiger partial charge in [0.25, 0.3) is 5.91 Å². The highest BCUT2D eigenvalue weighted by Gasteiger charge is 2.13. The first-order valence-electron chi connectivity index (χ1n) is 6.19. The Morgan fingerprint density at radius 2 is 2.23 bits per heavy atom. The van der Waals surface area contributed by atoms with Crippen molar-refractivity contribution in [2.24, 2.45) is 5.73 Å². The van der Waals surface area contributed by atoms with Crippen LogP contribution in [0.4, 0.5) is 0 Å². The van der Waals surface area contributed by atoms with E-state index in [1.165, 1.54) is 11.8 Å². The summed E-state index contributed by atoms with van der Waals surface area (Å²) in [6.45, 7) is 2.70. The van der Waals surface area contributed by atoms with Gasteiger partial charge in [-0.15, -0.1) is 24.8 Å². The van der Waals surface area contributed by atoms with Crippen LogP contribution in [-0.4, -0.2) is 29.1 Å². The maximum Gasteiger partial charge on any atom is 0.254 e. The fourth-order valence-corrected chi connectivity index (χ4v) is 2.46. The lowest BCUT2D eigenvalue weighted by Crippen LogP contribution is -2.29. The maximum absolute atomic E-state index is 12.0. The molecule has 2 rings (SSSR count). The molecule has 2 heterocycles. The van der Waals surface area contributed by atoms with Crippen LogP contribution in [0.15, 0.2) is 33.9 Å². The fourth-order valence-electron chi connectivity index (χ4n) is 1.59. The minimum atomic E-state index is -0.164. The molecule has 0 aliphatic carbocycles. The molecule has 1 amide bonds. The molecule has 2 aromatic rings. The zero-order chi connectivity index (χ0) is 14.4. The number of carbonyl (C=O) groups is 1. The number of hydrogen-bond donors (Lipinski definition) is 2. The molecule has 0 spiro atoms. The highest BCUT2D eigenvalue weighted by atomic mass is 35.5. The number of nitrogens with one attached hydrogen (secondary N) is 1. The van der Waals surface area contributed by atoms with Gasteiger partial charge >= 0.3 is 0 Å². The smallest absolute Gasteiger partial charge is 0.254 e. The third kappa shape index (κ3) is 5.84. The summed E-state index contributed by atoms with van der Waals surface area (Å²) in [5.74, 6) is 1.20. The van der Waals surface area contributed by atoms with Crippen LogP contribution in [0.5, 0.6) is 0 Å². The van der Waals surface area contributed by atoms with Gasteiger partial charge in [-0.05, 0) is 19.1 Å². The third-order valence-corrected chi connectivity index (χ3v) is 3.52. The Morgan fingerprint density at radius 1 is 1.45 bits per heavy atom. The number of pyridine rings is 1. The van der Waals surface area contributed by atoms with Crippen molar-refractivity contribution in [2.45, 2.75) is 17.7 Å². The van der Waals surface area contributed by atoms with Crippen molar-refractivity contribution in [1.29, 1.82) is 0 Å². The van der Waals surface area contributed by atoms with Crippen LogP contribution in [0.3, 0.4) is 0 Å². The average Bonchev–Trinajstić information content (AvgIpc) is 2.88. The normalized spacial score (nSPS) is 9.55. The monoisotopic (exact) mass is 364 g/mol. The van der Waals surface area contributed by atoms with E-state index in [0.717, 1.165) is 11.5 Å². The standard InChI is InChI=1S/C13H16N4O2S.2ClH/c1-9-7-10(17-19-9)8-20-13-11(3-2-5-16-13)12(18)15-6-4-14;;/h2-3,5,7H,4,6,8,14H2,1H3,(H,15,18);2*1H. The predicted molar refractivity (Wildman–Crippen MR) is 90.9 cm³/mol. The molecular weight excluding hydrogens is 347 g/mol. The number of rotatable bonds is 6. The van der Waals surface area contributed by atoms with Gasteiger partial charge in [0.2, 0.25) is 0 Å². The molecule has 0 saturated heterocycles. The first kappa shape index (κ1) is 20.7. The number of carbonyl (C=O) groups excluding carboxylic acids is 1. The Hall–Kier alpha value is -1.28. The lowest BCUT2D eigenvalue weighted by Gasteiger charge is -2.07. The molecule has 9 heteroatoms. The lowest BCUT2D eigenvalue weighted by atomic mass is 10.2. The third-order valence-electron chi connectivity index (χ3n) is 2.48. The van der Waals surface area contributed by atoms with Crippen LogP contribution in [0.25, 0.3) is 0 Å². The van der Waals surface area contributed by atoms with Crippen LogP contribution >= 0.6 is 36.6 Å². The van der Waals surface area contributed by atoms with Crippen LogP contribution in [0.2, 0.25) is 0 Å². The molecule has 0 atom stereocenters. The highest BCUT2D eigenvalue weighted by Crippen LogP contribution is 2.23. The van der Waals surface area contributed by atoms with Gasteiger partial charge in [-0.1, -0.05) is 16.9 Å². The largest absolute Gasteiger partial charge is 0.361 e. The number of nitrogens with two attached hydrogens (primary N) is 1. The van der Waals surface area contributed by atoms with Crippen LogP contribution in [0, 0.1) is 6.92 Å². The van der Waals surface area contributed by atoms with E-state index in [1.807, 2.05) is 13.0 Å². The molecule has 6 nitrogen and oxygen atoms in total. The van der Waals surface area contributed by atoms with Crippen molar-refractivity contribution in [3.05, 3.63) is 41.4 Å². The van der Waals surface area contributed by atoms with Crippen molar-refractivity contribution in [2.75, 3.05) is 13.1 Å². The summed E-state index contributed by atoms with van der Waals surface area (Å²) in [4.78, 5) is 16.2. The molecule has 0 bridgehead atoms. The van der Waals surface area contributed by atoms with Crippen molar-refractivity contribution in [1.82, 2.24) is 15.5 Å². The van der Waals surface area contributed by atoms with Gasteiger partial charge in [-0.2, -0.15) is 0 Å². The quantitative estimate of drug-likeness (QED) is 0.763. The summed E-state index contributed by atoms with van der Waals surface area (Å²) in [6.07, 6.45) is 1.66. The second kappa shape index (κ2) is 10.4. The number of aromatic nitrogens is 2. The summed E-state index contributed by atoms with van der Waals surface area (Å²) < 4.78 is 5.01. The average molecular weight is 365 g/mol. The summed E-state index contributed by atoms with van der Waals surface area (Å²) in [5.41, 5.74) is 6.75. The minimum Gasteiger partial charge on any atom is -0.361 e. The van der Waals surface area contributed by atoms with Gasteiger partial charge < -0.3 is 15.6 Å². The number of halogens is 2. The summed E-state index contributed by atoms with van der Waals surface area (Å²) >= 11 is 1.45. The second-order valence-corrected chi connectivity index (χ2v) is 5.08. The van der Waals surface area contributed by atoms with E-state index in [0.29, 0.717) is 29.4 Å². The zero-order valence-electron chi connectivity index (χ0n) is 11.9. The van der Waals surface area contributed by atoms with E-state index in [9.17, 15) is 4.79 Å². The summed E-state index contributed by atoms with van der Waals surface area (Å²) in [5, 5.41) is 7.32. The van der Waals surface area contributed by atoms with Gasteiger partial charge in [0.05, 0.1) is 11.3 Å². The SMILES string of the molecule is Cc1cc(CSc2ncccc2C(=O)NCCN)no1.Cl.Cl. The number of nitrogens with zero attached hydrogens (tertiary/aromatic N) is 2. The summed E-state index contributed by atoms with van der Waals surface area (Å²) in [7, 11) is 0. The number of thioether (sulfide) groups is 1. The van der Waals surface area contributed by atoms with Crippen LogP contribution in [0.1, 0.15) is 21.8 Å². The first-order chi connectivity index (χ1) is 9.70. The highest BCUT2D eigenvalue weighted by molar-refractivity contribution is 7.98. The molecule has 22 heavy (non-hydrogen) atoms. The van der Waals surface area contributed by atoms with Gasteiger partial charge in [0.1, 0.15) is 10.8 Å². The molecule has 0 saturated carbocycles. The van der Waals surface area contributed by atoms with E-state index in [1.54, 1.807) is 18.3 Å². The van der Waals surface area contributed by atoms with E-state index in [2.05, 4.69) is 15.5 Å². The predicted octanol–water partition coefficient (Wildman–Crippen LogP) is 2.20. The van der Waals surface area contributed by atoms with E-state index in [-0.39, 0.29) is 30.7 Å². The molecule has 0 fully saturated rings. The molecule has 0 radical (unpaired) electrons. The van der Waals surface area contributed by atoms with Crippen molar-refractivity contribution >= 4 is 42.5 Å². The Labute approximate surface area is 145 Å². The molecule has 0 aromatic carbocycles. The molecule has 0 unspecified atom stereocenters. The first-order valence-corrected chi connectivity index (χ1v) is 7.17. The number of amides is 1. The molecule has 0 aliphatic rings. The van der Waals surface area contributed by atoms with E-state index in [4.69, 9.17) is 10.3 Å². The zero-order valence-corrected chi connectivity index (χ0v) is 14.4. The lowest BCUT2D eigenvalue weighted by molar-refractivity contribution is 0.0951. The van der Waals surface area contributed by atoms with E-state index >= 15 is 0 Å². The van der Waals surface area contributed by atoms with E-state index < -0.39 is 0 Å². The maximum atomic E-state index is 12.0. The second-order valence-electron chi connectivity index (χ2n) is 4.12. The topological polar surface area (TPSA) is 94.0 Å².